The Morgan fingerprint density at radius 1 is 1.36 bits per heavy atom. The second-order valence-electron chi connectivity index (χ2n) is 3.37. The number of hydrogen-bond acceptors (Lipinski definition) is 0. The van der Waals surface area contributed by atoms with Gasteiger partial charge in [0.1, 0.15) is 0 Å². The SMILES string of the molecule is CC/C(I)=C\C1CCCCC1. The van der Waals surface area contributed by atoms with Gasteiger partial charge in [-0.1, -0.05) is 32.3 Å². The van der Waals surface area contributed by atoms with Crippen LogP contribution in [0, 0.1) is 5.92 Å². The van der Waals surface area contributed by atoms with Gasteiger partial charge in [-0.15, -0.1) is 0 Å². The van der Waals surface area contributed by atoms with E-state index in [9.17, 15) is 0 Å². The number of halogens is 1. The zero-order valence-corrected chi connectivity index (χ0v) is 9.43. The zero-order valence-electron chi connectivity index (χ0n) is 7.28. The Morgan fingerprint density at radius 2 is 2.00 bits per heavy atom. The molecule has 0 bridgehead atoms. The highest BCUT2D eigenvalue weighted by Gasteiger charge is 2.10. The first-order chi connectivity index (χ1) is 5.33. The fourth-order valence-corrected chi connectivity index (χ4v) is 2.18. The Kier molecular flexibility index (Phi) is 4.50. The summed E-state index contributed by atoms with van der Waals surface area (Å²) in [5.41, 5.74) is 0. The maximum absolute atomic E-state index is 2.49. The highest BCUT2D eigenvalue weighted by atomic mass is 127. The second kappa shape index (κ2) is 5.18. The van der Waals surface area contributed by atoms with Gasteiger partial charge < -0.3 is 0 Å². The summed E-state index contributed by atoms with van der Waals surface area (Å²) < 4.78 is 1.55. The van der Waals surface area contributed by atoms with Crippen LogP contribution in [0.5, 0.6) is 0 Å². The molecule has 64 valence electrons. The molecular formula is C10H17I. The Bertz CT molecular complexity index is 132. The standard InChI is InChI=1S/C10H17I/c1-2-10(11)8-9-6-4-3-5-7-9/h8-9H,2-7H2,1H3/b10-8+. The van der Waals surface area contributed by atoms with Crippen molar-refractivity contribution in [3.8, 4) is 0 Å². The molecule has 0 aromatic rings. The van der Waals surface area contributed by atoms with E-state index in [0.717, 1.165) is 5.92 Å². The van der Waals surface area contributed by atoms with E-state index in [4.69, 9.17) is 0 Å². The van der Waals surface area contributed by atoms with Crippen molar-refractivity contribution >= 4 is 22.6 Å². The Hall–Kier alpha value is 0.470. The van der Waals surface area contributed by atoms with Crippen LogP contribution in [-0.4, -0.2) is 0 Å². The van der Waals surface area contributed by atoms with Crippen LogP contribution in [0.3, 0.4) is 0 Å². The van der Waals surface area contributed by atoms with Crippen LogP contribution in [0.2, 0.25) is 0 Å². The van der Waals surface area contributed by atoms with E-state index >= 15 is 0 Å². The van der Waals surface area contributed by atoms with Crippen molar-refractivity contribution in [3.05, 3.63) is 9.66 Å². The molecule has 1 aliphatic carbocycles. The van der Waals surface area contributed by atoms with Gasteiger partial charge in [-0.2, -0.15) is 0 Å². The average Bonchev–Trinajstić information content (AvgIpc) is 2.06. The number of rotatable bonds is 2. The minimum Gasteiger partial charge on any atom is -0.0721 e. The average molecular weight is 264 g/mol. The lowest BCUT2D eigenvalue weighted by Crippen LogP contribution is -2.02. The molecule has 1 rings (SSSR count). The number of hydrogen-bond donors (Lipinski definition) is 0. The molecule has 0 atom stereocenters. The van der Waals surface area contributed by atoms with Gasteiger partial charge in [0, 0.05) is 0 Å². The largest absolute Gasteiger partial charge is 0.0721 e. The summed E-state index contributed by atoms with van der Waals surface area (Å²) in [5, 5.41) is 0. The van der Waals surface area contributed by atoms with Crippen molar-refractivity contribution in [1.82, 2.24) is 0 Å². The molecule has 0 heterocycles. The predicted octanol–water partition coefficient (Wildman–Crippen LogP) is 4.30. The molecule has 0 nitrogen and oxygen atoms in total. The van der Waals surface area contributed by atoms with Crippen LogP contribution in [0.4, 0.5) is 0 Å². The molecule has 0 spiro atoms. The maximum Gasteiger partial charge on any atom is -0.0134 e. The quantitative estimate of drug-likeness (QED) is 0.652. The third-order valence-electron chi connectivity index (χ3n) is 2.40. The lowest BCUT2D eigenvalue weighted by Gasteiger charge is -2.18. The van der Waals surface area contributed by atoms with Gasteiger partial charge in [0.05, 0.1) is 0 Å². The van der Waals surface area contributed by atoms with E-state index in [-0.39, 0.29) is 0 Å². The summed E-state index contributed by atoms with van der Waals surface area (Å²) >= 11 is 2.47. The fraction of sp³-hybridized carbons (Fsp3) is 0.800. The second-order valence-corrected chi connectivity index (χ2v) is 4.75. The maximum atomic E-state index is 2.49. The molecule has 0 aromatic carbocycles. The van der Waals surface area contributed by atoms with Gasteiger partial charge in [-0.05, 0) is 51.4 Å². The molecule has 1 aliphatic rings. The summed E-state index contributed by atoms with van der Waals surface area (Å²) in [5.74, 6) is 0.913. The van der Waals surface area contributed by atoms with Crippen LogP contribution in [0.1, 0.15) is 45.4 Å². The molecular weight excluding hydrogens is 247 g/mol. The molecule has 1 saturated carbocycles. The predicted molar refractivity (Wildman–Crippen MR) is 59.0 cm³/mol. The molecule has 0 aromatic heterocycles. The first kappa shape index (κ1) is 9.56. The van der Waals surface area contributed by atoms with Gasteiger partial charge in [-0.25, -0.2) is 0 Å². The fourth-order valence-electron chi connectivity index (χ4n) is 1.67. The molecule has 0 radical (unpaired) electrons. The zero-order chi connectivity index (χ0) is 8.10. The Labute approximate surface area is 83.6 Å². The lowest BCUT2D eigenvalue weighted by atomic mass is 9.89. The van der Waals surface area contributed by atoms with Crippen LogP contribution in [-0.2, 0) is 0 Å². The van der Waals surface area contributed by atoms with E-state index in [2.05, 4.69) is 35.6 Å². The van der Waals surface area contributed by atoms with E-state index in [1.54, 1.807) is 3.58 Å². The normalized spacial score (nSPS) is 22.2. The van der Waals surface area contributed by atoms with Crippen molar-refractivity contribution < 1.29 is 0 Å². The Balaban J connectivity index is 2.34. The van der Waals surface area contributed by atoms with Crippen LogP contribution in [0.25, 0.3) is 0 Å². The summed E-state index contributed by atoms with van der Waals surface area (Å²) in [6, 6.07) is 0. The summed E-state index contributed by atoms with van der Waals surface area (Å²) in [4.78, 5) is 0. The summed E-state index contributed by atoms with van der Waals surface area (Å²) in [6.45, 7) is 2.24. The minimum atomic E-state index is 0.913. The topological polar surface area (TPSA) is 0 Å². The van der Waals surface area contributed by atoms with Crippen LogP contribution >= 0.6 is 22.6 Å². The molecule has 1 fully saturated rings. The summed E-state index contributed by atoms with van der Waals surface area (Å²) in [7, 11) is 0. The monoisotopic (exact) mass is 264 g/mol. The first-order valence-corrected chi connectivity index (χ1v) is 5.77. The molecule has 0 aliphatic heterocycles. The third kappa shape index (κ3) is 3.59. The summed E-state index contributed by atoms with van der Waals surface area (Å²) in [6.07, 6.45) is 11.0. The Morgan fingerprint density at radius 3 is 2.55 bits per heavy atom. The van der Waals surface area contributed by atoms with Crippen molar-refractivity contribution in [3.63, 3.8) is 0 Å². The smallest absolute Gasteiger partial charge is 0.0134 e. The van der Waals surface area contributed by atoms with E-state index < -0.39 is 0 Å². The van der Waals surface area contributed by atoms with Crippen molar-refractivity contribution in [2.75, 3.05) is 0 Å². The van der Waals surface area contributed by atoms with Gasteiger partial charge in [0.2, 0.25) is 0 Å². The molecule has 0 saturated heterocycles. The van der Waals surface area contributed by atoms with E-state index in [1.807, 2.05) is 0 Å². The number of allylic oxidation sites excluding steroid dienone is 2. The van der Waals surface area contributed by atoms with Crippen LogP contribution in [0.15, 0.2) is 9.66 Å². The van der Waals surface area contributed by atoms with Gasteiger partial charge in [0.15, 0.2) is 0 Å². The van der Waals surface area contributed by atoms with Crippen molar-refractivity contribution in [2.45, 2.75) is 45.4 Å². The minimum absolute atomic E-state index is 0.913. The highest BCUT2D eigenvalue weighted by Crippen LogP contribution is 2.27. The molecule has 0 N–H and O–H groups in total. The third-order valence-corrected chi connectivity index (χ3v) is 3.53. The molecule has 11 heavy (non-hydrogen) atoms. The highest BCUT2D eigenvalue weighted by molar-refractivity contribution is 14.1. The van der Waals surface area contributed by atoms with Gasteiger partial charge in [0.25, 0.3) is 0 Å². The van der Waals surface area contributed by atoms with Crippen molar-refractivity contribution in [1.29, 1.82) is 0 Å². The lowest BCUT2D eigenvalue weighted by molar-refractivity contribution is 0.418. The molecule has 1 heteroatoms. The van der Waals surface area contributed by atoms with Gasteiger partial charge >= 0.3 is 0 Å². The van der Waals surface area contributed by atoms with Crippen LogP contribution < -0.4 is 0 Å². The molecule has 0 unspecified atom stereocenters. The van der Waals surface area contributed by atoms with Gasteiger partial charge in [-0.3, -0.25) is 0 Å². The van der Waals surface area contributed by atoms with Crippen molar-refractivity contribution in [2.24, 2.45) is 5.92 Å². The van der Waals surface area contributed by atoms with E-state index in [0.29, 0.717) is 0 Å². The van der Waals surface area contributed by atoms with E-state index in [1.165, 1.54) is 38.5 Å². The first-order valence-electron chi connectivity index (χ1n) is 4.69. The molecule has 0 amide bonds.